The topological polar surface area (TPSA) is 126 Å². The van der Waals surface area contributed by atoms with Crippen molar-refractivity contribution >= 4 is 44.9 Å². The fraction of sp³-hybridized carbons (Fsp3) is 0.265. The van der Waals surface area contributed by atoms with E-state index in [0.29, 0.717) is 62.1 Å². The minimum atomic E-state index is -0.827. The van der Waals surface area contributed by atoms with Gasteiger partial charge in [-0.15, -0.1) is 0 Å². The predicted molar refractivity (Wildman–Crippen MR) is 183 cm³/mol. The van der Waals surface area contributed by atoms with Gasteiger partial charge < -0.3 is 19.1 Å². The molecule has 0 N–H and O–H groups in total. The zero-order valence-electron chi connectivity index (χ0n) is 26.5. The van der Waals surface area contributed by atoms with Crippen LogP contribution in [0.1, 0.15) is 43.5 Å². The molecule has 0 saturated carbocycles. The molecular weight excluding hydrogens is 688 g/mol. The van der Waals surface area contributed by atoms with E-state index >= 15 is 0 Å². The summed E-state index contributed by atoms with van der Waals surface area (Å²) in [6, 6.07) is 16.1. The van der Waals surface area contributed by atoms with Gasteiger partial charge in [0.25, 0.3) is 17.2 Å². The molecule has 0 radical (unpaired) electrons. The summed E-state index contributed by atoms with van der Waals surface area (Å²) in [4.78, 5) is 45.9. The van der Waals surface area contributed by atoms with Crippen molar-refractivity contribution in [2.75, 3.05) is 27.3 Å². The number of carbonyl (C=O) groups excluding carboxylic acids is 1. The van der Waals surface area contributed by atoms with E-state index in [4.69, 9.17) is 19.2 Å². The number of non-ortho nitro benzene ring substituents is 1. The summed E-state index contributed by atoms with van der Waals surface area (Å²) >= 11 is 4.73. The third-order valence-corrected chi connectivity index (χ3v) is 9.31. The van der Waals surface area contributed by atoms with E-state index < -0.39 is 11.0 Å². The molecule has 0 fully saturated rings. The molecule has 13 heteroatoms. The Morgan fingerprint density at radius 1 is 1.06 bits per heavy atom. The highest BCUT2D eigenvalue weighted by Gasteiger charge is 2.36. The van der Waals surface area contributed by atoms with Crippen molar-refractivity contribution in [1.82, 2.24) is 9.47 Å². The molecule has 0 bridgehead atoms. The van der Waals surface area contributed by atoms with Gasteiger partial charge in [0.2, 0.25) is 0 Å². The van der Waals surface area contributed by atoms with Crippen LogP contribution < -0.4 is 29.1 Å². The first kappa shape index (κ1) is 33.6. The van der Waals surface area contributed by atoms with Crippen LogP contribution >= 0.6 is 27.3 Å². The van der Waals surface area contributed by atoms with Crippen molar-refractivity contribution in [3.05, 3.63) is 123 Å². The molecule has 4 aromatic rings. The fourth-order valence-corrected chi connectivity index (χ4v) is 6.82. The molecule has 5 rings (SSSR count). The number of nitrogens with zero attached hydrogens (tertiary/aromatic N) is 4. The van der Waals surface area contributed by atoms with E-state index in [1.807, 2.05) is 26.0 Å². The minimum Gasteiger partial charge on any atom is -0.497 e. The molecule has 0 saturated heterocycles. The van der Waals surface area contributed by atoms with Gasteiger partial charge in [0.1, 0.15) is 29.9 Å². The lowest BCUT2D eigenvalue weighted by Crippen LogP contribution is -2.43. The van der Waals surface area contributed by atoms with Gasteiger partial charge in [-0.2, -0.15) is 0 Å². The number of amides is 1. The first-order chi connectivity index (χ1) is 22.6. The number of hydrogen-bond donors (Lipinski definition) is 0. The highest BCUT2D eigenvalue weighted by Crippen LogP contribution is 2.38. The number of ether oxygens (including phenoxy) is 3. The van der Waals surface area contributed by atoms with E-state index in [9.17, 15) is 19.7 Å². The number of aromatic nitrogens is 1. The molecule has 0 aliphatic carbocycles. The van der Waals surface area contributed by atoms with E-state index in [1.165, 1.54) is 23.5 Å². The van der Waals surface area contributed by atoms with Crippen molar-refractivity contribution < 1.29 is 23.9 Å². The van der Waals surface area contributed by atoms with Crippen LogP contribution in [0.3, 0.4) is 0 Å². The number of likely N-dealkylation sites (N-methyl/N-ethyl adjacent to an activating group) is 1. The number of rotatable bonds is 11. The molecule has 244 valence electrons. The fourth-order valence-electron chi connectivity index (χ4n) is 5.40. The first-order valence-corrected chi connectivity index (χ1v) is 16.4. The van der Waals surface area contributed by atoms with Gasteiger partial charge in [-0.25, -0.2) is 4.99 Å². The van der Waals surface area contributed by atoms with Gasteiger partial charge in [-0.05, 0) is 80.9 Å². The second-order valence-electron chi connectivity index (χ2n) is 10.6. The monoisotopic (exact) mass is 720 g/mol. The third-order valence-electron chi connectivity index (χ3n) is 7.83. The minimum absolute atomic E-state index is 0.00415. The van der Waals surface area contributed by atoms with E-state index in [2.05, 4.69) is 15.9 Å². The number of nitro groups is 1. The van der Waals surface area contributed by atoms with Crippen molar-refractivity contribution in [2.45, 2.75) is 33.4 Å². The average molecular weight is 722 g/mol. The maximum atomic E-state index is 14.4. The maximum Gasteiger partial charge on any atom is 0.271 e. The highest BCUT2D eigenvalue weighted by molar-refractivity contribution is 9.10. The summed E-state index contributed by atoms with van der Waals surface area (Å²) in [7, 11) is 3.10. The molecule has 11 nitrogen and oxygen atoms in total. The van der Waals surface area contributed by atoms with Gasteiger partial charge in [0.05, 0.1) is 34.9 Å². The first-order valence-electron chi connectivity index (χ1n) is 14.8. The zero-order valence-corrected chi connectivity index (χ0v) is 28.9. The van der Waals surface area contributed by atoms with Crippen LogP contribution in [0.2, 0.25) is 0 Å². The summed E-state index contributed by atoms with van der Waals surface area (Å²) in [5, 5.41) is 11.0. The number of halogens is 1. The number of hydrogen-bond acceptors (Lipinski definition) is 9. The van der Waals surface area contributed by atoms with Crippen LogP contribution in [-0.2, 0) is 11.4 Å². The summed E-state index contributed by atoms with van der Waals surface area (Å²) in [5.74, 6) is 1.35. The lowest BCUT2D eigenvalue weighted by atomic mass is 9.93. The molecule has 1 atom stereocenters. The maximum absolute atomic E-state index is 14.4. The predicted octanol–water partition coefficient (Wildman–Crippen LogP) is 5.37. The van der Waals surface area contributed by atoms with Gasteiger partial charge in [0, 0.05) is 40.8 Å². The Balaban J connectivity index is 1.65. The molecule has 0 spiro atoms. The van der Waals surface area contributed by atoms with Crippen LogP contribution in [0.5, 0.6) is 17.2 Å². The molecule has 1 aliphatic heterocycles. The second kappa shape index (κ2) is 14.3. The largest absolute Gasteiger partial charge is 0.497 e. The summed E-state index contributed by atoms with van der Waals surface area (Å²) in [6.07, 6.45) is 1.74. The zero-order chi connectivity index (χ0) is 33.8. The Hall–Kier alpha value is -4.75. The standard InChI is InChI=1S/C34H33BrN4O7S/c1-6-37(7-2)33(41)30-20(3)36-34-38(31(30)26-18-25(44-4)13-15-28(26)45-5)32(40)29(47-34)17-22-16-23(35)10-14-27(22)46-19-21-8-11-24(12-9-21)39(42)43/h8-18,31H,6-7,19H2,1-5H3/b29-17+/t31-/m1/s1. The Morgan fingerprint density at radius 3 is 2.40 bits per heavy atom. The summed E-state index contributed by atoms with van der Waals surface area (Å²) in [5.41, 5.74) is 2.54. The molecule has 1 aromatic heterocycles. The van der Waals surface area contributed by atoms with Crippen LogP contribution in [0.25, 0.3) is 6.08 Å². The van der Waals surface area contributed by atoms with Crippen molar-refractivity contribution in [1.29, 1.82) is 0 Å². The van der Waals surface area contributed by atoms with Gasteiger partial charge >= 0.3 is 0 Å². The quantitative estimate of drug-likeness (QED) is 0.151. The normalized spacial score (nSPS) is 14.3. The Morgan fingerprint density at radius 2 is 1.77 bits per heavy atom. The van der Waals surface area contributed by atoms with Crippen LogP contribution in [0.15, 0.2) is 86.2 Å². The number of benzene rings is 3. The van der Waals surface area contributed by atoms with Gasteiger partial charge in [-0.3, -0.25) is 24.3 Å². The third kappa shape index (κ3) is 6.86. The number of carbonyl (C=O) groups is 1. The van der Waals surface area contributed by atoms with Crippen LogP contribution in [0.4, 0.5) is 5.69 Å². The van der Waals surface area contributed by atoms with E-state index in [-0.39, 0.29) is 23.8 Å². The SMILES string of the molecule is CCN(CC)C(=O)C1=C(C)N=c2s/c(=C/c3cc(Br)ccc3OCc3ccc([N+](=O)[O-])cc3)c(=O)n2[C@@H]1c1cc(OC)ccc1OC. The summed E-state index contributed by atoms with van der Waals surface area (Å²) < 4.78 is 20.1. The lowest BCUT2D eigenvalue weighted by molar-refractivity contribution is -0.384. The molecule has 47 heavy (non-hydrogen) atoms. The number of nitro benzene ring substituents is 1. The Bertz CT molecular complexity index is 2050. The molecule has 1 aliphatic rings. The average Bonchev–Trinajstić information content (AvgIpc) is 3.37. The lowest BCUT2D eigenvalue weighted by Gasteiger charge is -2.30. The number of thiazole rings is 1. The van der Waals surface area contributed by atoms with E-state index in [0.717, 1.165) is 10.0 Å². The van der Waals surface area contributed by atoms with Gasteiger partial charge in [0.15, 0.2) is 4.80 Å². The smallest absolute Gasteiger partial charge is 0.271 e. The van der Waals surface area contributed by atoms with Crippen LogP contribution in [0, 0.1) is 10.1 Å². The summed E-state index contributed by atoms with van der Waals surface area (Å²) in [6.45, 7) is 6.74. The van der Waals surface area contributed by atoms with Gasteiger partial charge in [-0.1, -0.05) is 27.3 Å². The van der Waals surface area contributed by atoms with Crippen LogP contribution in [-0.4, -0.2) is 47.6 Å². The number of fused-ring (bicyclic) bond motifs is 1. The Labute approximate surface area is 283 Å². The Kier molecular flexibility index (Phi) is 10.3. The molecular formula is C34H33BrN4O7S. The van der Waals surface area contributed by atoms with Crippen molar-refractivity contribution in [3.63, 3.8) is 0 Å². The van der Waals surface area contributed by atoms with Crippen molar-refractivity contribution in [2.24, 2.45) is 4.99 Å². The molecule has 1 amide bonds. The molecule has 0 unspecified atom stereocenters. The van der Waals surface area contributed by atoms with E-state index in [1.54, 1.807) is 73.1 Å². The molecule has 2 heterocycles. The molecule has 3 aromatic carbocycles. The number of methoxy groups -OCH3 is 2. The van der Waals surface area contributed by atoms with Crippen molar-refractivity contribution in [3.8, 4) is 17.2 Å². The number of allylic oxidation sites excluding steroid dienone is 1. The highest BCUT2D eigenvalue weighted by atomic mass is 79.9. The second-order valence-corrected chi connectivity index (χ2v) is 12.5.